The second-order valence-corrected chi connectivity index (χ2v) is 5.90. The Bertz CT molecular complexity index is 911. The Balaban J connectivity index is 2.01. The average Bonchev–Trinajstić information content (AvgIpc) is 2.65. The normalized spacial score (nSPS) is 10.7. The number of hydrogen-bond donors (Lipinski definition) is 2. The Morgan fingerprint density at radius 2 is 2.00 bits per heavy atom. The van der Waals surface area contributed by atoms with Gasteiger partial charge in [0.15, 0.2) is 18.1 Å². The second-order valence-electron chi connectivity index (χ2n) is 5.90. The lowest BCUT2D eigenvalue weighted by molar-refractivity contribution is -0.385. The number of carbonyl (C=O) groups excluding carboxylic acids is 1. The predicted octanol–water partition coefficient (Wildman–Crippen LogP) is 2.85. The molecule has 9 heteroatoms. The molecule has 0 saturated carbocycles. The minimum Gasteiger partial charge on any atom is -0.504 e. The first-order valence-corrected chi connectivity index (χ1v) is 8.48. The molecule has 0 bridgehead atoms. The van der Waals surface area contributed by atoms with Crippen molar-refractivity contribution in [1.29, 1.82) is 0 Å². The molecular formula is C19H21N3O6. The van der Waals surface area contributed by atoms with E-state index in [-0.39, 0.29) is 36.0 Å². The molecular weight excluding hydrogens is 366 g/mol. The predicted molar refractivity (Wildman–Crippen MR) is 103 cm³/mol. The molecule has 2 aromatic rings. The minimum atomic E-state index is -0.616. The number of nitrogens with one attached hydrogen (secondary N) is 1. The fourth-order valence-electron chi connectivity index (χ4n) is 2.24. The first-order chi connectivity index (χ1) is 13.3. The zero-order valence-electron chi connectivity index (χ0n) is 15.8. The first kappa shape index (κ1) is 20.7. The van der Waals surface area contributed by atoms with Crippen LogP contribution in [0.3, 0.4) is 0 Å². The second kappa shape index (κ2) is 9.36. The molecule has 2 N–H and O–H groups in total. The van der Waals surface area contributed by atoms with Crippen LogP contribution in [-0.4, -0.2) is 35.4 Å². The van der Waals surface area contributed by atoms with Crippen LogP contribution < -0.4 is 14.9 Å². The SMILES string of the molecule is CCOc1cc([N+](=O)[O-])cc(/C=N/NC(=O)COc2ccc(C)c(C)c2)c1O. The fraction of sp³-hybridized carbons (Fsp3) is 0.263. The molecule has 1 amide bonds. The Hall–Kier alpha value is -3.62. The van der Waals surface area contributed by atoms with Crippen LogP contribution in [0.2, 0.25) is 0 Å². The van der Waals surface area contributed by atoms with Crippen molar-refractivity contribution in [2.75, 3.05) is 13.2 Å². The molecule has 0 atom stereocenters. The summed E-state index contributed by atoms with van der Waals surface area (Å²) in [7, 11) is 0. The summed E-state index contributed by atoms with van der Waals surface area (Å²) in [5.41, 5.74) is 4.16. The van der Waals surface area contributed by atoms with Crippen molar-refractivity contribution in [2.24, 2.45) is 5.10 Å². The van der Waals surface area contributed by atoms with E-state index >= 15 is 0 Å². The van der Waals surface area contributed by atoms with E-state index < -0.39 is 10.8 Å². The molecule has 0 aliphatic heterocycles. The maximum absolute atomic E-state index is 11.8. The molecule has 0 aliphatic carbocycles. The number of amides is 1. The molecule has 0 aromatic heterocycles. The smallest absolute Gasteiger partial charge is 0.277 e. The molecule has 0 spiro atoms. The van der Waals surface area contributed by atoms with Crippen LogP contribution in [0, 0.1) is 24.0 Å². The van der Waals surface area contributed by atoms with Crippen LogP contribution in [-0.2, 0) is 4.79 Å². The van der Waals surface area contributed by atoms with Gasteiger partial charge in [0.25, 0.3) is 11.6 Å². The van der Waals surface area contributed by atoms with E-state index in [0.29, 0.717) is 5.75 Å². The van der Waals surface area contributed by atoms with Gasteiger partial charge in [0, 0.05) is 11.6 Å². The number of phenolic OH excluding ortho intramolecular Hbond substituents is 1. The molecule has 0 unspecified atom stereocenters. The van der Waals surface area contributed by atoms with Gasteiger partial charge in [0.05, 0.1) is 23.8 Å². The average molecular weight is 387 g/mol. The molecule has 148 valence electrons. The maximum atomic E-state index is 11.8. The number of nitro benzene ring substituents is 1. The number of ether oxygens (including phenoxy) is 2. The van der Waals surface area contributed by atoms with Crippen molar-refractivity contribution in [1.82, 2.24) is 5.43 Å². The molecule has 28 heavy (non-hydrogen) atoms. The third-order valence-electron chi connectivity index (χ3n) is 3.84. The van der Waals surface area contributed by atoms with Gasteiger partial charge < -0.3 is 14.6 Å². The topological polar surface area (TPSA) is 123 Å². The van der Waals surface area contributed by atoms with Crippen LogP contribution in [0.4, 0.5) is 5.69 Å². The van der Waals surface area contributed by atoms with Crippen LogP contribution in [0.1, 0.15) is 23.6 Å². The molecule has 0 saturated heterocycles. The summed E-state index contributed by atoms with van der Waals surface area (Å²) < 4.78 is 10.6. The van der Waals surface area contributed by atoms with E-state index in [1.807, 2.05) is 26.0 Å². The highest BCUT2D eigenvalue weighted by Gasteiger charge is 2.16. The molecule has 0 aliphatic rings. The summed E-state index contributed by atoms with van der Waals surface area (Å²) in [6.45, 7) is 5.56. The molecule has 2 rings (SSSR count). The van der Waals surface area contributed by atoms with E-state index in [4.69, 9.17) is 9.47 Å². The summed E-state index contributed by atoms with van der Waals surface area (Å²) in [5, 5.41) is 24.8. The maximum Gasteiger partial charge on any atom is 0.277 e. The van der Waals surface area contributed by atoms with Crippen LogP contribution in [0.25, 0.3) is 0 Å². The van der Waals surface area contributed by atoms with Crippen molar-refractivity contribution in [3.63, 3.8) is 0 Å². The summed E-state index contributed by atoms with van der Waals surface area (Å²) in [5.74, 6) is -0.316. The highest BCUT2D eigenvalue weighted by molar-refractivity contribution is 5.87. The monoisotopic (exact) mass is 387 g/mol. The first-order valence-electron chi connectivity index (χ1n) is 8.48. The Morgan fingerprint density at radius 3 is 2.64 bits per heavy atom. The fourth-order valence-corrected chi connectivity index (χ4v) is 2.24. The summed E-state index contributed by atoms with van der Waals surface area (Å²) in [6, 6.07) is 7.71. The van der Waals surface area contributed by atoms with Gasteiger partial charge in [-0.25, -0.2) is 5.43 Å². The van der Waals surface area contributed by atoms with Gasteiger partial charge in [-0.15, -0.1) is 0 Å². The number of non-ortho nitro benzene ring substituents is 1. The van der Waals surface area contributed by atoms with Gasteiger partial charge in [0.1, 0.15) is 5.75 Å². The number of nitrogens with zero attached hydrogens (tertiary/aromatic N) is 2. The lowest BCUT2D eigenvalue weighted by Crippen LogP contribution is -2.24. The number of aromatic hydroxyl groups is 1. The number of benzene rings is 2. The molecule has 0 fully saturated rings. The number of hydrazone groups is 1. The van der Waals surface area contributed by atoms with Crippen LogP contribution in [0.15, 0.2) is 35.4 Å². The minimum absolute atomic E-state index is 0.0352. The third-order valence-corrected chi connectivity index (χ3v) is 3.84. The number of phenols is 1. The van der Waals surface area contributed by atoms with Gasteiger partial charge in [-0.05, 0) is 44.0 Å². The number of nitro groups is 1. The van der Waals surface area contributed by atoms with Crippen molar-refractivity contribution in [2.45, 2.75) is 20.8 Å². The molecule has 0 radical (unpaired) electrons. The molecule has 0 heterocycles. The Kier molecular flexibility index (Phi) is 6.91. The van der Waals surface area contributed by atoms with Crippen LogP contribution >= 0.6 is 0 Å². The van der Waals surface area contributed by atoms with Crippen molar-refractivity contribution < 1.29 is 24.3 Å². The zero-order chi connectivity index (χ0) is 20.7. The quantitative estimate of drug-likeness (QED) is 0.408. The van der Waals surface area contributed by atoms with Crippen molar-refractivity contribution in [3.8, 4) is 17.2 Å². The molecule has 9 nitrogen and oxygen atoms in total. The van der Waals surface area contributed by atoms with E-state index in [0.717, 1.165) is 29.5 Å². The number of aryl methyl sites for hydroxylation is 2. The standard InChI is InChI=1S/C19H21N3O6/c1-4-27-17-9-15(22(25)26)8-14(19(17)24)10-20-21-18(23)11-28-16-6-5-12(2)13(3)7-16/h5-10,24H,4,11H2,1-3H3,(H,21,23)/b20-10+. The van der Waals surface area contributed by atoms with E-state index in [9.17, 15) is 20.0 Å². The van der Waals surface area contributed by atoms with Gasteiger partial charge >= 0.3 is 0 Å². The van der Waals surface area contributed by atoms with Crippen molar-refractivity contribution in [3.05, 3.63) is 57.1 Å². The van der Waals surface area contributed by atoms with Gasteiger partial charge in [0.2, 0.25) is 0 Å². The van der Waals surface area contributed by atoms with Crippen molar-refractivity contribution >= 4 is 17.8 Å². The Morgan fingerprint density at radius 1 is 1.25 bits per heavy atom. The van der Waals surface area contributed by atoms with Gasteiger partial charge in [-0.1, -0.05) is 6.07 Å². The van der Waals surface area contributed by atoms with E-state index in [1.165, 1.54) is 0 Å². The number of hydrogen-bond acceptors (Lipinski definition) is 7. The summed E-state index contributed by atoms with van der Waals surface area (Å²) in [6.07, 6.45) is 1.10. The number of carbonyl (C=O) groups is 1. The number of rotatable bonds is 8. The summed E-state index contributed by atoms with van der Waals surface area (Å²) >= 11 is 0. The lowest BCUT2D eigenvalue weighted by Gasteiger charge is -2.08. The third kappa shape index (κ3) is 5.44. The van der Waals surface area contributed by atoms with Gasteiger partial charge in [-0.3, -0.25) is 14.9 Å². The zero-order valence-corrected chi connectivity index (χ0v) is 15.8. The van der Waals surface area contributed by atoms with E-state index in [2.05, 4.69) is 10.5 Å². The lowest BCUT2D eigenvalue weighted by atomic mass is 10.1. The highest BCUT2D eigenvalue weighted by Crippen LogP contribution is 2.33. The molecule has 2 aromatic carbocycles. The largest absolute Gasteiger partial charge is 0.504 e. The highest BCUT2D eigenvalue weighted by atomic mass is 16.6. The Labute approximate surface area is 161 Å². The summed E-state index contributed by atoms with van der Waals surface area (Å²) in [4.78, 5) is 22.2. The van der Waals surface area contributed by atoms with E-state index in [1.54, 1.807) is 13.0 Å². The van der Waals surface area contributed by atoms with Gasteiger partial charge in [-0.2, -0.15) is 5.10 Å². The van der Waals surface area contributed by atoms with Crippen LogP contribution in [0.5, 0.6) is 17.2 Å².